The van der Waals surface area contributed by atoms with Crippen LogP contribution in [0, 0.1) is 0 Å². The van der Waals surface area contributed by atoms with Gasteiger partial charge in [0.05, 0.1) is 14.2 Å². The highest BCUT2D eigenvalue weighted by molar-refractivity contribution is 5.42. The van der Waals surface area contributed by atoms with Crippen molar-refractivity contribution in [3.05, 3.63) is 18.2 Å². The molecule has 2 atom stereocenters. The molecule has 0 amide bonds. The van der Waals surface area contributed by atoms with Gasteiger partial charge in [-0.15, -0.1) is 0 Å². The maximum Gasteiger partial charge on any atom is 0.127 e. The lowest BCUT2D eigenvalue weighted by Gasteiger charge is -2.25. The summed E-state index contributed by atoms with van der Waals surface area (Å²) in [5, 5.41) is 3.42. The maximum absolute atomic E-state index is 5.98. The number of likely N-dealkylation sites (N-methyl/N-ethyl adjacent to an activating group) is 1. The van der Waals surface area contributed by atoms with E-state index in [1.165, 1.54) is 0 Å². The molecular formula is C15H25NO3. The summed E-state index contributed by atoms with van der Waals surface area (Å²) < 4.78 is 16.5. The van der Waals surface area contributed by atoms with E-state index in [2.05, 4.69) is 26.1 Å². The quantitative estimate of drug-likeness (QED) is 0.786. The van der Waals surface area contributed by atoms with Gasteiger partial charge in [0.15, 0.2) is 0 Å². The van der Waals surface area contributed by atoms with Crippen molar-refractivity contribution >= 4 is 0 Å². The van der Waals surface area contributed by atoms with Crippen LogP contribution in [0.5, 0.6) is 17.2 Å². The Hall–Kier alpha value is -1.42. The van der Waals surface area contributed by atoms with E-state index in [9.17, 15) is 0 Å². The van der Waals surface area contributed by atoms with E-state index in [-0.39, 0.29) is 6.10 Å². The minimum Gasteiger partial charge on any atom is -0.496 e. The molecule has 0 saturated heterocycles. The van der Waals surface area contributed by atoms with Gasteiger partial charge in [0.25, 0.3) is 0 Å². The van der Waals surface area contributed by atoms with Crippen molar-refractivity contribution < 1.29 is 14.2 Å². The first-order chi connectivity index (χ1) is 9.14. The molecular weight excluding hydrogens is 242 g/mol. The Balaban J connectivity index is 2.79. The lowest BCUT2D eigenvalue weighted by Crippen LogP contribution is -2.40. The molecule has 1 aromatic carbocycles. The molecule has 1 aromatic rings. The summed E-state index contributed by atoms with van der Waals surface area (Å²) in [5.74, 6) is 2.23. The molecule has 0 heterocycles. The largest absolute Gasteiger partial charge is 0.496 e. The number of hydrogen-bond acceptors (Lipinski definition) is 4. The molecule has 4 heteroatoms. The van der Waals surface area contributed by atoms with E-state index in [1.54, 1.807) is 14.2 Å². The van der Waals surface area contributed by atoms with Crippen LogP contribution in [0.15, 0.2) is 18.2 Å². The average Bonchev–Trinajstić information content (AvgIpc) is 2.43. The predicted molar refractivity (Wildman–Crippen MR) is 77.4 cm³/mol. The summed E-state index contributed by atoms with van der Waals surface area (Å²) in [6.07, 6.45) is 1.11. The van der Waals surface area contributed by atoms with Crippen LogP contribution in [-0.2, 0) is 0 Å². The van der Waals surface area contributed by atoms with Gasteiger partial charge in [-0.05, 0) is 19.9 Å². The molecule has 0 aliphatic rings. The van der Waals surface area contributed by atoms with Gasteiger partial charge in [0.1, 0.15) is 23.4 Å². The lowest BCUT2D eigenvalue weighted by atomic mass is 10.1. The van der Waals surface area contributed by atoms with Crippen LogP contribution >= 0.6 is 0 Å². The summed E-state index contributed by atoms with van der Waals surface area (Å²) in [6, 6.07) is 5.91. The predicted octanol–water partition coefficient (Wildman–Crippen LogP) is 2.86. The SMILES string of the molecule is CCNC(CC)C(C)Oc1cc(OC)cc(OC)c1. The monoisotopic (exact) mass is 267 g/mol. The minimum absolute atomic E-state index is 0.0850. The molecule has 0 aliphatic heterocycles. The van der Waals surface area contributed by atoms with Crippen LogP contribution in [0.4, 0.5) is 0 Å². The Morgan fingerprint density at radius 1 is 1.00 bits per heavy atom. The first kappa shape index (κ1) is 15.6. The summed E-state index contributed by atoms with van der Waals surface area (Å²) in [6.45, 7) is 7.26. The highest BCUT2D eigenvalue weighted by atomic mass is 16.5. The van der Waals surface area contributed by atoms with Crippen LogP contribution in [0.25, 0.3) is 0 Å². The third kappa shape index (κ3) is 4.63. The van der Waals surface area contributed by atoms with Crippen LogP contribution in [-0.4, -0.2) is 32.9 Å². The summed E-state index contributed by atoms with van der Waals surface area (Å²) >= 11 is 0. The van der Waals surface area contributed by atoms with Crippen molar-refractivity contribution in [3.63, 3.8) is 0 Å². The normalized spacial score (nSPS) is 13.7. The van der Waals surface area contributed by atoms with E-state index in [4.69, 9.17) is 14.2 Å². The van der Waals surface area contributed by atoms with Crippen molar-refractivity contribution in [1.82, 2.24) is 5.32 Å². The standard InChI is InChI=1S/C15H25NO3/c1-6-15(16-7-2)11(3)19-14-9-12(17-4)8-13(10-14)18-5/h8-11,15-16H,6-7H2,1-5H3. The maximum atomic E-state index is 5.98. The van der Waals surface area contributed by atoms with Crippen LogP contribution in [0.1, 0.15) is 27.2 Å². The van der Waals surface area contributed by atoms with E-state index < -0.39 is 0 Å². The van der Waals surface area contributed by atoms with Crippen molar-refractivity contribution in [2.75, 3.05) is 20.8 Å². The van der Waals surface area contributed by atoms with Crippen molar-refractivity contribution in [2.45, 2.75) is 39.3 Å². The van der Waals surface area contributed by atoms with Gasteiger partial charge in [-0.3, -0.25) is 0 Å². The van der Waals surface area contributed by atoms with Crippen LogP contribution in [0.2, 0.25) is 0 Å². The smallest absolute Gasteiger partial charge is 0.127 e. The number of rotatable bonds is 8. The summed E-state index contributed by atoms with van der Waals surface area (Å²) in [4.78, 5) is 0. The first-order valence-electron chi connectivity index (χ1n) is 6.77. The van der Waals surface area contributed by atoms with Gasteiger partial charge in [-0.2, -0.15) is 0 Å². The van der Waals surface area contributed by atoms with E-state index in [0.717, 1.165) is 30.2 Å². The zero-order valence-corrected chi connectivity index (χ0v) is 12.5. The topological polar surface area (TPSA) is 39.7 Å². The molecule has 4 nitrogen and oxygen atoms in total. The summed E-state index contributed by atoms with van der Waals surface area (Å²) in [5.41, 5.74) is 0. The Morgan fingerprint density at radius 3 is 1.95 bits per heavy atom. The number of nitrogens with one attached hydrogen (secondary N) is 1. The van der Waals surface area contributed by atoms with Gasteiger partial charge in [-0.25, -0.2) is 0 Å². The molecule has 2 unspecified atom stereocenters. The Morgan fingerprint density at radius 2 is 1.53 bits per heavy atom. The van der Waals surface area contributed by atoms with E-state index in [0.29, 0.717) is 6.04 Å². The van der Waals surface area contributed by atoms with E-state index >= 15 is 0 Å². The third-order valence-corrected chi connectivity index (χ3v) is 3.12. The molecule has 1 N–H and O–H groups in total. The lowest BCUT2D eigenvalue weighted by molar-refractivity contribution is 0.167. The highest BCUT2D eigenvalue weighted by Gasteiger charge is 2.16. The molecule has 108 valence electrons. The molecule has 0 radical (unpaired) electrons. The Kier molecular flexibility index (Phi) is 6.50. The second kappa shape index (κ2) is 7.89. The van der Waals surface area contributed by atoms with Crippen molar-refractivity contribution in [3.8, 4) is 17.2 Å². The molecule has 0 aromatic heterocycles. The molecule has 0 aliphatic carbocycles. The molecule has 0 bridgehead atoms. The fraction of sp³-hybridized carbons (Fsp3) is 0.600. The zero-order chi connectivity index (χ0) is 14.3. The number of ether oxygens (including phenoxy) is 3. The molecule has 0 saturated carbocycles. The zero-order valence-electron chi connectivity index (χ0n) is 12.5. The summed E-state index contributed by atoms with van der Waals surface area (Å²) in [7, 11) is 3.27. The second-order valence-corrected chi connectivity index (χ2v) is 4.44. The molecule has 1 rings (SSSR count). The fourth-order valence-electron chi connectivity index (χ4n) is 2.05. The second-order valence-electron chi connectivity index (χ2n) is 4.44. The number of hydrogen-bond donors (Lipinski definition) is 1. The van der Waals surface area contributed by atoms with E-state index in [1.807, 2.05) is 18.2 Å². The van der Waals surface area contributed by atoms with Crippen molar-refractivity contribution in [1.29, 1.82) is 0 Å². The number of benzene rings is 1. The Bertz CT molecular complexity index is 359. The van der Waals surface area contributed by atoms with Crippen LogP contribution < -0.4 is 19.5 Å². The molecule has 0 fully saturated rings. The van der Waals surface area contributed by atoms with Gasteiger partial charge in [-0.1, -0.05) is 13.8 Å². The molecule has 19 heavy (non-hydrogen) atoms. The van der Waals surface area contributed by atoms with Gasteiger partial charge in [0, 0.05) is 24.2 Å². The van der Waals surface area contributed by atoms with Gasteiger partial charge >= 0.3 is 0 Å². The highest BCUT2D eigenvalue weighted by Crippen LogP contribution is 2.28. The third-order valence-electron chi connectivity index (χ3n) is 3.12. The van der Waals surface area contributed by atoms with Gasteiger partial charge in [0.2, 0.25) is 0 Å². The number of methoxy groups -OCH3 is 2. The van der Waals surface area contributed by atoms with Crippen LogP contribution in [0.3, 0.4) is 0 Å². The molecule has 0 spiro atoms. The average molecular weight is 267 g/mol. The van der Waals surface area contributed by atoms with Crippen molar-refractivity contribution in [2.24, 2.45) is 0 Å². The Labute approximate surface area is 116 Å². The minimum atomic E-state index is 0.0850. The van der Waals surface area contributed by atoms with Gasteiger partial charge < -0.3 is 19.5 Å². The first-order valence-corrected chi connectivity index (χ1v) is 6.77. The fourth-order valence-corrected chi connectivity index (χ4v) is 2.05.